The van der Waals surface area contributed by atoms with Crippen LogP contribution in [0.2, 0.25) is 0 Å². The summed E-state index contributed by atoms with van der Waals surface area (Å²) in [4.78, 5) is 11.3. The number of aromatic nitrogens is 2. The Labute approximate surface area is 173 Å². The molecule has 0 saturated carbocycles. The van der Waals surface area contributed by atoms with Crippen LogP contribution in [0.4, 0.5) is 0 Å². The molecule has 3 rings (SSSR count). The molecule has 0 radical (unpaired) electrons. The van der Waals surface area contributed by atoms with Crippen LogP contribution in [0.3, 0.4) is 0 Å². The summed E-state index contributed by atoms with van der Waals surface area (Å²) >= 11 is 0. The Morgan fingerprint density at radius 3 is 2.92 bits per heavy atom. The van der Waals surface area contributed by atoms with Gasteiger partial charge in [-0.1, -0.05) is 6.07 Å². The number of ether oxygens (including phenoxy) is 1. The lowest BCUT2D eigenvalue weighted by Gasteiger charge is -2.26. The van der Waals surface area contributed by atoms with Crippen LogP contribution < -0.4 is 5.32 Å². The van der Waals surface area contributed by atoms with Gasteiger partial charge < -0.3 is 19.4 Å². The van der Waals surface area contributed by atoms with Crippen molar-refractivity contribution in [2.45, 2.75) is 25.7 Å². The van der Waals surface area contributed by atoms with Gasteiger partial charge in [0.15, 0.2) is 5.96 Å². The molecule has 1 fully saturated rings. The zero-order valence-corrected chi connectivity index (χ0v) is 18.1. The Morgan fingerprint density at radius 1 is 1.38 bits per heavy atom. The monoisotopic (exact) mass is 471 g/mol. The number of rotatable bonds is 6. The van der Waals surface area contributed by atoms with Crippen molar-refractivity contribution in [3.8, 4) is 0 Å². The van der Waals surface area contributed by atoms with Gasteiger partial charge in [-0.05, 0) is 37.3 Å². The van der Waals surface area contributed by atoms with Crippen molar-refractivity contribution >= 4 is 35.6 Å². The highest BCUT2D eigenvalue weighted by atomic mass is 127. The van der Waals surface area contributed by atoms with Gasteiger partial charge >= 0.3 is 0 Å². The fourth-order valence-electron chi connectivity index (χ4n) is 3.31. The molecule has 0 aliphatic carbocycles. The minimum atomic E-state index is 0. The second-order valence-corrected chi connectivity index (χ2v) is 6.69. The number of aliphatic imine (C=N–C) groups is 1. The first kappa shape index (κ1) is 21.0. The van der Waals surface area contributed by atoms with Crippen molar-refractivity contribution < 1.29 is 4.74 Å². The third kappa shape index (κ3) is 5.84. The van der Waals surface area contributed by atoms with Crippen LogP contribution in [0.15, 0.2) is 35.6 Å². The average Bonchev–Trinajstić information content (AvgIpc) is 3.07. The summed E-state index contributed by atoms with van der Waals surface area (Å²) in [6, 6.07) is 6.06. The van der Waals surface area contributed by atoms with Crippen molar-refractivity contribution in [1.29, 1.82) is 0 Å². The van der Waals surface area contributed by atoms with Gasteiger partial charge in [-0.2, -0.15) is 0 Å². The van der Waals surface area contributed by atoms with Crippen LogP contribution in [0, 0.1) is 5.92 Å². The minimum absolute atomic E-state index is 0. The maximum atomic E-state index is 5.43. The van der Waals surface area contributed by atoms with Gasteiger partial charge in [0.25, 0.3) is 0 Å². The molecule has 1 saturated heterocycles. The molecule has 0 amide bonds. The molecular weight excluding hydrogens is 441 g/mol. The third-order valence-corrected chi connectivity index (χ3v) is 4.87. The predicted octanol–water partition coefficient (Wildman–Crippen LogP) is 2.82. The van der Waals surface area contributed by atoms with Crippen molar-refractivity contribution in [3.63, 3.8) is 0 Å². The van der Waals surface area contributed by atoms with E-state index < -0.39 is 0 Å². The second-order valence-electron chi connectivity index (χ2n) is 6.69. The molecule has 1 aliphatic heterocycles. The lowest BCUT2D eigenvalue weighted by molar-refractivity contribution is 0.0625. The summed E-state index contributed by atoms with van der Waals surface area (Å²) in [6.45, 7) is 3.69. The van der Waals surface area contributed by atoms with Gasteiger partial charge in [0.05, 0.1) is 5.69 Å². The number of hydrogen-bond donors (Lipinski definition) is 1. The average molecular weight is 471 g/mol. The molecule has 0 spiro atoms. The van der Waals surface area contributed by atoms with Gasteiger partial charge in [0.2, 0.25) is 0 Å². The SMILES string of the molecule is CN=C(NCCc1cn2ccccc2n1)N(C)CCC1CCOCC1.I. The summed E-state index contributed by atoms with van der Waals surface area (Å²) in [7, 11) is 3.96. The van der Waals surface area contributed by atoms with E-state index in [-0.39, 0.29) is 24.0 Å². The lowest BCUT2D eigenvalue weighted by Crippen LogP contribution is -2.40. The number of nitrogens with one attached hydrogen (secondary N) is 1. The van der Waals surface area contributed by atoms with E-state index in [0.717, 1.165) is 55.9 Å². The van der Waals surface area contributed by atoms with E-state index in [4.69, 9.17) is 4.74 Å². The Balaban J connectivity index is 0.00000243. The zero-order valence-electron chi connectivity index (χ0n) is 15.7. The summed E-state index contributed by atoms with van der Waals surface area (Å²) in [5, 5.41) is 3.45. The van der Waals surface area contributed by atoms with Crippen LogP contribution >= 0.6 is 24.0 Å². The number of guanidine groups is 1. The van der Waals surface area contributed by atoms with Gasteiger partial charge in [0.1, 0.15) is 5.65 Å². The van der Waals surface area contributed by atoms with Crippen LogP contribution in [0.25, 0.3) is 5.65 Å². The Morgan fingerprint density at radius 2 is 2.19 bits per heavy atom. The van der Waals surface area contributed by atoms with E-state index in [1.54, 1.807) is 0 Å². The molecule has 1 N–H and O–H groups in total. The van der Waals surface area contributed by atoms with E-state index in [9.17, 15) is 0 Å². The first-order valence-corrected chi connectivity index (χ1v) is 9.18. The van der Waals surface area contributed by atoms with Crippen LogP contribution in [0.1, 0.15) is 25.0 Å². The van der Waals surface area contributed by atoms with Crippen LogP contribution in [0.5, 0.6) is 0 Å². The Hall–Kier alpha value is -1.35. The number of nitrogens with zero attached hydrogens (tertiary/aromatic N) is 4. The quantitative estimate of drug-likeness (QED) is 0.400. The van der Waals surface area contributed by atoms with Crippen molar-refractivity contribution in [1.82, 2.24) is 19.6 Å². The third-order valence-electron chi connectivity index (χ3n) is 4.87. The summed E-state index contributed by atoms with van der Waals surface area (Å²) < 4.78 is 7.49. The zero-order chi connectivity index (χ0) is 17.5. The van der Waals surface area contributed by atoms with Crippen molar-refractivity contribution in [2.75, 3.05) is 40.4 Å². The topological polar surface area (TPSA) is 54.2 Å². The minimum Gasteiger partial charge on any atom is -0.381 e. The molecule has 7 heteroatoms. The van der Waals surface area contributed by atoms with Crippen molar-refractivity contribution in [2.24, 2.45) is 10.9 Å². The number of hydrogen-bond acceptors (Lipinski definition) is 3. The number of imidazole rings is 1. The van der Waals surface area contributed by atoms with Gasteiger partial charge in [-0.3, -0.25) is 4.99 Å². The molecule has 3 heterocycles. The Bertz CT molecular complexity index is 663. The highest BCUT2D eigenvalue weighted by Gasteiger charge is 2.15. The maximum Gasteiger partial charge on any atom is 0.193 e. The van der Waals surface area contributed by atoms with E-state index >= 15 is 0 Å². The maximum absolute atomic E-state index is 5.43. The fourth-order valence-corrected chi connectivity index (χ4v) is 3.31. The predicted molar refractivity (Wildman–Crippen MR) is 116 cm³/mol. The van der Waals surface area contributed by atoms with Gasteiger partial charge in [-0.25, -0.2) is 4.98 Å². The van der Waals surface area contributed by atoms with E-state index in [0.29, 0.717) is 0 Å². The smallest absolute Gasteiger partial charge is 0.193 e. The van der Waals surface area contributed by atoms with E-state index in [2.05, 4.69) is 37.8 Å². The van der Waals surface area contributed by atoms with Gasteiger partial charge in [0, 0.05) is 59.2 Å². The second kappa shape index (κ2) is 10.7. The first-order chi connectivity index (χ1) is 12.3. The summed E-state index contributed by atoms with van der Waals surface area (Å²) in [5.74, 6) is 1.74. The molecule has 0 unspecified atom stereocenters. The molecule has 0 aromatic carbocycles. The number of fused-ring (bicyclic) bond motifs is 1. The number of pyridine rings is 1. The molecular formula is C19H30IN5O. The molecule has 2 aromatic heterocycles. The highest BCUT2D eigenvalue weighted by molar-refractivity contribution is 14.0. The molecule has 26 heavy (non-hydrogen) atoms. The van der Waals surface area contributed by atoms with Crippen molar-refractivity contribution in [3.05, 3.63) is 36.3 Å². The fraction of sp³-hybridized carbons (Fsp3) is 0.579. The standard InChI is InChI=1S/C19H29N5O.HI/c1-20-19(23(2)12-7-16-8-13-25-14-9-16)21-10-6-17-15-24-11-4-3-5-18(24)22-17;/h3-5,11,15-16H,6-10,12-14H2,1-2H3,(H,20,21);1H. The lowest BCUT2D eigenvalue weighted by atomic mass is 9.96. The van der Waals surface area contributed by atoms with Crippen LogP contribution in [-0.4, -0.2) is 60.6 Å². The van der Waals surface area contributed by atoms with E-state index in [1.165, 1.54) is 19.3 Å². The largest absolute Gasteiger partial charge is 0.381 e. The Kier molecular flexibility index (Phi) is 8.64. The molecule has 144 valence electrons. The summed E-state index contributed by atoms with van der Waals surface area (Å²) in [6.07, 6.45) is 8.58. The molecule has 6 nitrogen and oxygen atoms in total. The highest BCUT2D eigenvalue weighted by Crippen LogP contribution is 2.18. The molecule has 1 aliphatic rings. The molecule has 2 aromatic rings. The normalized spacial score (nSPS) is 15.7. The van der Waals surface area contributed by atoms with Crippen LogP contribution in [-0.2, 0) is 11.2 Å². The van der Waals surface area contributed by atoms with Gasteiger partial charge in [-0.15, -0.1) is 24.0 Å². The summed E-state index contributed by atoms with van der Waals surface area (Å²) in [5.41, 5.74) is 2.09. The van der Waals surface area contributed by atoms with E-state index in [1.807, 2.05) is 31.4 Å². The molecule has 0 bridgehead atoms. The number of halogens is 1. The molecule has 0 atom stereocenters. The first-order valence-electron chi connectivity index (χ1n) is 9.18.